The van der Waals surface area contributed by atoms with Crippen LogP contribution in [-0.4, -0.2) is 45.3 Å². The molecule has 1 saturated heterocycles. The van der Waals surface area contributed by atoms with Gasteiger partial charge in [0.25, 0.3) is 0 Å². The van der Waals surface area contributed by atoms with Crippen molar-refractivity contribution in [2.75, 3.05) is 26.4 Å². The second-order valence-electron chi connectivity index (χ2n) is 6.13. The fourth-order valence-electron chi connectivity index (χ4n) is 3.11. The molecule has 2 aliphatic heterocycles. The molecule has 2 heterocycles. The smallest absolute Gasteiger partial charge is 0.175 e. The maximum Gasteiger partial charge on any atom is 0.175 e. The number of ether oxygens (including phenoxy) is 1. The predicted molar refractivity (Wildman–Crippen MR) is 78.0 cm³/mol. The van der Waals surface area contributed by atoms with E-state index >= 15 is 0 Å². The maximum atomic E-state index is 11.6. The van der Waals surface area contributed by atoms with E-state index in [1.165, 1.54) is 6.26 Å². The lowest BCUT2D eigenvalue weighted by Gasteiger charge is -2.43. The Hall–Kier alpha value is -1.07. The molecule has 0 atom stereocenters. The third-order valence-electron chi connectivity index (χ3n) is 4.53. The average Bonchev–Trinajstić information content (AvgIpc) is 2.41. The van der Waals surface area contributed by atoms with Crippen molar-refractivity contribution in [2.45, 2.75) is 36.2 Å². The van der Waals surface area contributed by atoms with Gasteiger partial charge < -0.3 is 9.64 Å². The van der Waals surface area contributed by atoms with E-state index in [4.69, 9.17) is 4.74 Å². The Morgan fingerprint density at radius 3 is 2.55 bits per heavy atom. The van der Waals surface area contributed by atoms with Gasteiger partial charge in [-0.1, -0.05) is 0 Å². The zero-order valence-electron chi connectivity index (χ0n) is 12.1. The molecule has 0 bridgehead atoms. The van der Waals surface area contributed by atoms with Crippen molar-refractivity contribution in [3.63, 3.8) is 0 Å². The topological polar surface area (TPSA) is 46.6 Å². The normalized spacial score (nSPS) is 22.3. The van der Waals surface area contributed by atoms with E-state index in [0.29, 0.717) is 4.90 Å². The van der Waals surface area contributed by atoms with Crippen LogP contribution in [0.5, 0.6) is 5.75 Å². The first-order chi connectivity index (χ1) is 9.38. The van der Waals surface area contributed by atoms with Crippen molar-refractivity contribution < 1.29 is 13.2 Å². The maximum absolute atomic E-state index is 11.6. The van der Waals surface area contributed by atoms with Gasteiger partial charge in [-0.05, 0) is 56.5 Å². The molecule has 110 valence electrons. The summed E-state index contributed by atoms with van der Waals surface area (Å²) in [7, 11) is -0.998. The predicted octanol–water partition coefficient (Wildman–Crippen LogP) is 1.88. The number of sulfone groups is 1. The lowest BCUT2D eigenvalue weighted by molar-refractivity contribution is -0.00884. The van der Waals surface area contributed by atoms with E-state index in [0.717, 1.165) is 50.1 Å². The number of likely N-dealkylation sites (tertiary alicyclic amines) is 1. The molecule has 4 nitrogen and oxygen atoms in total. The van der Waals surface area contributed by atoms with Gasteiger partial charge in [-0.15, -0.1) is 0 Å². The van der Waals surface area contributed by atoms with Crippen molar-refractivity contribution in [3.05, 3.63) is 23.8 Å². The fourth-order valence-corrected chi connectivity index (χ4v) is 3.78. The molecule has 0 N–H and O–H groups in total. The molecule has 1 aromatic carbocycles. The number of hydrogen-bond acceptors (Lipinski definition) is 4. The third-order valence-corrected chi connectivity index (χ3v) is 5.65. The van der Waals surface area contributed by atoms with Crippen molar-refractivity contribution in [1.82, 2.24) is 4.90 Å². The highest BCUT2D eigenvalue weighted by Gasteiger charge is 2.38. The van der Waals surface area contributed by atoms with Gasteiger partial charge in [0.15, 0.2) is 9.84 Å². The summed E-state index contributed by atoms with van der Waals surface area (Å²) in [6.45, 7) is 2.13. The zero-order chi connectivity index (χ0) is 14.4. The first-order valence-corrected chi connectivity index (χ1v) is 8.98. The minimum absolute atomic E-state index is 0.0356. The minimum atomic E-state index is -3.14. The summed E-state index contributed by atoms with van der Waals surface area (Å²) in [5.41, 5.74) is 0.990. The van der Waals surface area contributed by atoms with Gasteiger partial charge in [-0.3, -0.25) is 0 Å². The van der Waals surface area contributed by atoms with Crippen LogP contribution in [0.15, 0.2) is 23.1 Å². The van der Waals surface area contributed by atoms with E-state index in [2.05, 4.69) is 11.9 Å². The van der Waals surface area contributed by atoms with E-state index in [-0.39, 0.29) is 5.60 Å². The second kappa shape index (κ2) is 4.74. The van der Waals surface area contributed by atoms with Gasteiger partial charge in [0.2, 0.25) is 0 Å². The molecular weight excluding hydrogens is 274 g/mol. The minimum Gasteiger partial charge on any atom is -0.487 e. The Kier molecular flexibility index (Phi) is 3.29. The van der Waals surface area contributed by atoms with Crippen LogP contribution in [0.2, 0.25) is 0 Å². The highest BCUT2D eigenvalue weighted by molar-refractivity contribution is 7.90. The lowest BCUT2D eigenvalue weighted by Crippen LogP contribution is -2.48. The molecule has 5 heteroatoms. The molecule has 2 aliphatic rings. The van der Waals surface area contributed by atoms with Crippen LogP contribution in [-0.2, 0) is 16.3 Å². The monoisotopic (exact) mass is 295 g/mol. The molecular formula is C15H21NO3S. The Morgan fingerprint density at radius 2 is 1.90 bits per heavy atom. The Morgan fingerprint density at radius 1 is 1.20 bits per heavy atom. The van der Waals surface area contributed by atoms with Crippen LogP contribution < -0.4 is 4.74 Å². The quantitative estimate of drug-likeness (QED) is 0.793. The molecule has 1 aromatic rings. The van der Waals surface area contributed by atoms with Gasteiger partial charge in [0.05, 0.1) is 4.90 Å². The number of aryl methyl sites for hydroxylation is 1. The first kappa shape index (κ1) is 13.9. The van der Waals surface area contributed by atoms with Crippen LogP contribution in [0.3, 0.4) is 0 Å². The number of hydrogen-bond donors (Lipinski definition) is 0. The third kappa shape index (κ3) is 2.56. The molecule has 0 amide bonds. The Balaban J connectivity index is 1.86. The van der Waals surface area contributed by atoms with E-state index in [1.54, 1.807) is 12.1 Å². The van der Waals surface area contributed by atoms with Crippen LogP contribution in [0.1, 0.15) is 24.8 Å². The summed E-state index contributed by atoms with van der Waals surface area (Å²) >= 11 is 0. The Labute approximate surface area is 120 Å². The standard InChI is InChI=1S/C15H21NO3S/c1-16-9-7-15(8-10-16)6-5-12-11-13(20(2,17)18)3-4-14(12)19-15/h3-4,11H,5-10H2,1-2H3. The van der Waals surface area contributed by atoms with Gasteiger partial charge in [-0.2, -0.15) is 0 Å². The molecule has 1 fully saturated rings. The van der Waals surface area contributed by atoms with Gasteiger partial charge in [-0.25, -0.2) is 8.42 Å². The van der Waals surface area contributed by atoms with Crippen LogP contribution in [0.4, 0.5) is 0 Å². The van der Waals surface area contributed by atoms with Crippen LogP contribution >= 0.6 is 0 Å². The first-order valence-electron chi connectivity index (χ1n) is 7.09. The summed E-state index contributed by atoms with van der Waals surface area (Å²) < 4.78 is 29.5. The summed E-state index contributed by atoms with van der Waals surface area (Å²) in [6, 6.07) is 5.25. The highest BCUT2D eigenvalue weighted by Crippen LogP contribution is 2.39. The fraction of sp³-hybridized carbons (Fsp3) is 0.600. The number of rotatable bonds is 1. The largest absolute Gasteiger partial charge is 0.487 e. The van der Waals surface area contributed by atoms with Crippen LogP contribution in [0, 0.1) is 0 Å². The molecule has 0 aromatic heterocycles. The summed E-state index contributed by atoms with van der Waals surface area (Å²) in [5.74, 6) is 0.869. The van der Waals surface area contributed by atoms with E-state index in [1.807, 2.05) is 6.07 Å². The zero-order valence-corrected chi connectivity index (χ0v) is 12.9. The van der Waals surface area contributed by atoms with Crippen molar-refractivity contribution in [3.8, 4) is 5.75 Å². The average molecular weight is 295 g/mol. The summed E-state index contributed by atoms with van der Waals surface area (Å²) in [4.78, 5) is 2.72. The van der Waals surface area contributed by atoms with E-state index < -0.39 is 9.84 Å². The molecule has 0 saturated carbocycles. The van der Waals surface area contributed by atoms with Gasteiger partial charge in [0.1, 0.15) is 11.4 Å². The number of benzene rings is 1. The van der Waals surface area contributed by atoms with Gasteiger partial charge in [0, 0.05) is 19.3 Å². The molecule has 0 radical (unpaired) electrons. The number of piperidine rings is 1. The van der Waals surface area contributed by atoms with Crippen LogP contribution in [0.25, 0.3) is 0 Å². The molecule has 0 aliphatic carbocycles. The summed E-state index contributed by atoms with van der Waals surface area (Å²) in [6.07, 6.45) is 5.24. The second-order valence-corrected chi connectivity index (χ2v) is 8.15. The molecule has 0 unspecified atom stereocenters. The lowest BCUT2D eigenvalue weighted by atomic mass is 9.83. The molecule has 20 heavy (non-hydrogen) atoms. The molecule has 3 rings (SSSR count). The Bertz CT molecular complexity index is 616. The molecule has 1 spiro atoms. The number of nitrogens with zero attached hydrogens (tertiary/aromatic N) is 1. The highest BCUT2D eigenvalue weighted by atomic mass is 32.2. The van der Waals surface area contributed by atoms with Crippen molar-refractivity contribution >= 4 is 9.84 Å². The van der Waals surface area contributed by atoms with Crippen molar-refractivity contribution in [2.24, 2.45) is 0 Å². The van der Waals surface area contributed by atoms with Gasteiger partial charge >= 0.3 is 0 Å². The SMILES string of the molecule is CN1CCC2(CCc3cc(S(C)(=O)=O)ccc3O2)CC1. The van der Waals surface area contributed by atoms with Crippen molar-refractivity contribution in [1.29, 1.82) is 0 Å². The number of fused-ring (bicyclic) bond motifs is 1. The van der Waals surface area contributed by atoms with E-state index in [9.17, 15) is 8.42 Å². The summed E-state index contributed by atoms with van der Waals surface area (Å²) in [5, 5.41) is 0.